The zero-order valence-corrected chi connectivity index (χ0v) is 32.4. The van der Waals surface area contributed by atoms with Crippen molar-refractivity contribution in [3.8, 4) is 22.3 Å². The number of hydrogen-bond acceptors (Lipinski definition) is 2. The Morgan fingerprint density at radius 1 is 0.414 bits per heavy atom. The Morgan fingerprint density at radius 3 is 1.78 bits per heavy atom. The van der Waals surface area contributed by atoms with E-state index >= 15 is 0 Å². The Labute approximate surface area is 338 Å². The first-order chi connectivity index (χ1) is 28.5. The van der Waals surface area contributed by atoms with Gasteiger partial charge in [0.25, 0.3) is 0 Å². The van der Waals surface area contributed by atoms with Crippen molar-refractivity contribution in [2.75, 3.05) is 4.90 Å². The molecule has 1 heterocycles. The predicted octanol–water partition coefficient (Wildman–Crippen LogP) is 14.9. The molecule has 274 valence electrons. The van der Waals surface area contributed by atoms with E-state index in [1.54, 1.807) is 0 Å². The molecule has 0 N–H and O–H groups in total. The maximum Gasteiger partial charge on any atom is 0.135 e. The van der Waals surface area contributed by atoms with Crippen LogP contribution in [0.15, 0.2) is 205 Å². The lowest BCUT2D eigenvalue weighted by molar-refractivity contribution is 0.666. The summed E-state index contributed by atoms with van der Waals surface area (Å²) in [5, 5.41) is 4.75. The number of nitrogens with zero attached hydrogens (tertiary/aromatic N) is 1. The maximum absolute atomic E-state index is 6.40. The molecule has 2 aliphatic rings. The molecule has 2 heteroatoms. The van der Waals surface area contributed by atoms with Gasteiger partial charge in [-0.25, -0.2) is 0 Å². The van der Waals surface area contributed by atoms with Gasteiger partial charge in [0.05, 0.1) is 11.1 Å². The third-order valence-corrected chi connectivity index (χ3v) is 13.1. The number of benzene rings is 9. The second-order valence-electron chi connectivity index (χ2n) is 16.4. The molecule has 0 amide bonds. The maximum atomic E-state index is 6.40. The van der Waals surface area contributed by atoms with Crippen LogP contribution in [-0.2, 0) is 10.8 Å². The first-order valence-corrected chi connectivity index (χ1v) is 20.3. The first kappa shape index (κ1) is 33.0. The van der Waals surface area contributed by atoms with Crippen LogP contribution in [0.5, 0.6) is 0 Å². The molecule has 12 rings (SSSR count). The summed E-state index contributed by atoms with van der Waals surface area (Å²) < 4.78 is 6.40. The molecule has 58 heavy (non-hydrogen) atoms. The van der Waals surface area contributed by atoms with E-state index in [1.165, 1.54) is 66.4 Å². The first-order valence-electron chi connectivity index (χ1n) is 20.3. The zero-order valence-electron chi connectivity index (χ0n) is 32.4. The highest BCUT2D eigenvalue weighted by molar-refractivity contribution is 6.09. The average molecular weight is 742 g/mol. The van der Waals surface area contributed by atoms with E-state index in [0.717, 1.165) is 39.0 Å². The highest BCUT2D eigenvalue weighted by atomic mass is 16.3. The van der Waals surface area contributed by atoms with Crippen LogP contribution >= 0.6 is 0 Å². The van der Waals surface area contributed by atoms with Crippen LogP contribution < -0.4 is 4.90 Å². The topological polar surface area (TPSA) is 16.4 Å². The van der Waals surface area contributed by atoms with Gasteiger partial charge in [-0.15, -0.1) is 0 Å². The normalized spacial score (nSPS) is 14.3. The van der Waals surface area contributed by atoms with Crippen LogP contribution in [0.3, 0.4) is 0 Å². The molecule has 2 nitrogen and oxygen atoms in total. The summed E-state index contributed by atoms with van der Waals surface area (Å²) in [5.74, 6) is 0. The van der Waals surface area contributed by atoms with Gasteiger partial charge < -0.3 is 9.32 Å². The van der Waals surface area contributed by atoms with Gasteiger partial charge in [-0.05, 0) is 103 Å². The molecule has 0 unspecified atom stereocenters. The average Bonchev–Trinajstić information content (AvgIpc) is 3.88. The van der Waals surface area contributed by atoms with Gasteiger partial charge in [-0.2, -0.15) is 0 Å². The Balaban J connectivity index is 1.19. The number of furan rings is 1. The van der Waals surface area contributed by atoms with Crippen molar-refractivity contribution >= 4 is 49.8 Å². The van der Waals surface area contributed by atoms with Crippen molar-refractivity contribution in [3.05, 3.63) is 234 Å². The molecule has 1 aromatic heterocycles. The Morgan fingerprint density at radius 2 is 1.00 bits per heavy atom. The van der Waals surface area contributed by atoms with Gasteiger partial charge in [-0.1, -0.05) is 172 Å². The van der Waals surface area contributed by atoms with Crippen molar-refractivity contribution in [1.82, 2.24) is 0 Å². The molecule has 0 bridgehead atoms. The minimum atomic E-state index is -0.527. The standard InChI is InChI=1S/C56H39NO/c1-55(2)47-27-12-10-26-45(47)53-50(33-36-17-6-7-22-41(36)54(53)55)57(40-31-32-52-46(35-40)44-25-11-15-30-51(44)58-52)39-21-16-20-38(34-39)56(37-18-4-3-5-19-37)48-28-13-8-23-42(48)43-24-9-14-29-49(43)56/h3-35H,1-2H3. The SMILES string of the molecule is CC1(C)c2ccccc2-c2c(N(c3cccc(C4(c5ccccc5)c5ccccc5-c5ccccc54)c3)c3ccc4oc5ccccc5c4c3)cc3ccccc3c21. The van der Waals surface area contributed by atoms with Gasteiger partial charge in [0.1, 0.15) is 11.2 Å². The van der Waals surface area contributed by atoms with E-state index < -0.39 is 5.41 Å². The summed E-state index contributed by atoms with van der Waals surface area (Å²) in [4.78, 5) is 2.51. The van der Waals surface area contributed by atoms with E-state index in [4.69, 9.17) is 4.42 Å². The van der Waals surface area contributed by atoms with E-state index in [1.807, 2.05) is 6.07 Å². The molecular weight excluding hydrogens is 703 g/mol. The van der Waals surface area contributed by atoms with Gasteiger partial charge in [0.15, 0.2) is 0 Å². The fourth-order valence-corrected chi connectivity index (χ4v) is 10.7. The Bertz CT molecular complexity index is 3230. The highest BCUT2D eigenvalue weighted by Crippen LogP contribution is 2.59. The monoisotopic (exact) mass is 741 g/mol. The number of hydrogen-bond donors (Lipinski definition) is 0. The summed E-state index contributed by atoms with van der Waals surface area (Å²) in [5.41, 5.74) is 17.4. The smallest absolute Gasteiger partial charge is 0.135 e. The van der Waals surface area contributed by atoms with Crippen molar-refractivity contribution in [2.45, 2.75) is 24.7 Å². The van der Waals surface area contributed by atoms with Gasteiger partial charge in [0.2, 0.25) is 0 Å². The number of fused-ring (bicyclic) bond motifs is 11. The Hall–Kier alpha value is -7.16. The summed E-state index contributed by atoms with van der Waals surface area (Å²) in [7, 11) is 0. The molecule has 9 aromatic carbocycles. The van der Waals surface area contributed by atoms with Gasteiger partial charge in [-0.3, -0.25) is 0 Å². The summed E-state index contributed by atoms with van der Waals surface area (Å²) in [6, 6.07) is 73.9. The lowest BCUT2D eigenvalue weighted by Crippen LogP contribution is -2.28. The van der Waals surface area contributed by atoms with Crippen LogP contribution in [0, 0.1) is 0 Å². The van der Waals surface area contributed by atoms with E-state index in [0.29, 0.717) is 0 Å². The van der Waals surface area contributed by atoms with Gasteiger partial charge >= 0.3 is 0 Å². The number of anilines is 3. The molecule has 0 spiro atoms. The minimum Gasteiger partial charge on any atom is -0.456 e. The van der Waals surface area contributed by atoms with Crippen molar-refractivity contribution < 1.29 is 4.42 Å². The van der Waals surface area contributed by atoms with E-state index in [9.17, 15) is 0 Å². The number of rotatable bonds is 5. The van der Waals surface area contributed by atoms with Crippen LogP contribution in [0.4, 0.5) is 17.1 Å². The molecule has 0 fully saturated rings. The number of para-hydroxylation sites is 1. The molecule has 0 saturated carbocycles. The summed E-state index contributed by atoms with van der Waals surface area (Å²) in [6.45, 7) is 4.78. The van der Waals surface area contributed by atoms with Crippen molar-refractivity contribution in [1.29, 1.82) is 0 Å². The molecule has 0 atom stereocenters. The van der Waals surface area contributed by atoms with Crippen LogP contribution in [-0.4, -0.2) is 0 Å². The molecule has 0 saturated heterocycles. The minimum absolute atomic E-state index is 0.200. The third kappa shape index (κ3) is 4.43. The highest BCUT2D eigenvalue weighted by Gasteiger charge is 2.46. The van der Waals surface area contributed by atoms with Crippen LogP contribution in [0.1, 0.15) is 47.2 Å². The lowest BCUT2D eigenvalue weighted by Gasteiger charge is -2.35. The molecular formula is C56H39NO. The largest absolute Gasteiger partial charge is 0.456 e. The van der Waals surface area contributed by atoms with Crippen molar-refractivity contribution in [3.63, 3.8) is 0 Å². The van der Waals surface area contributed by atoms with Gasteiger partial charge in [0, 0.05) is 33.1 Å². The molecule has 0 radical (unpaired) electrons. The Kier molecular flexibility index (Phi) is 6.93. The fraction of sp³-hybridized carbons (Fsp3) is 0.0714. The molecule has 10 aromatic rings. The summed E-state index contributed by atoms with van der Waals surface area (Å²) >= 11 is 0. The second-order valence-corrected chi connectivity index (χ2v) is 16.4. The van der Waals surface area contributed by atoms with Crippen molar-refractivity contribution in [2.24, 2.45) is 0 Å². The molecule has 2 aliphatic carbocycles. The lowest BCUT2D eigenvalue weighted by atomic mass is 9.67. The van der Waals surface area contributed by atoms with Crippen LogP contribution in [0.2, 0.25) is 0 Å². The van der Waals surface area contributed by atoms with Crippen LogP contribution in [0.25, 0.3) is 55.0 Å². The summed E-state index contributed by atoms with van der Waals surface area (Å²) in [6.07, 6.45) is 0. The third-order valence-electron chi connectivity index (χ3n) is 13.1. The fourth-order valence-electron chi connectivity index (χ4n) is 10.7. The van der Waals surface area contributed by atoms with E-state index in [2.05, 4.69) is 213 Å². The quantitative estimate of drug-likeness (QED) is 0.175. The predicted molar refractivity (Wildman–Crippen MR) is 241 cm³/mol. The zero-order chi connectivity index (χ0) is 38.6. The molecule has 0 aliphatic heterocycles. The second kappa shape index (κ2) is 12.2. The van der Waals surface area contributed by atoms with E-state index in [-0.39, 0.29) is 5.41 Å².